The Morgan fingerprint density at radius 2 is 1.82 bits per heavy atom. The van der Waals surface area contributed by atoms with E-state index in [9.17, 15) is 25.0 Å². The van der Waals surface area contributed by atoms with Crippen LogP contribution in [0, 0.1) is 27.2 Å². The molecule has 0 aliphatic heterocycles. The zero-order valence-corrected chi connectivity index (χ0v) is 8.51. The molecule has 1 aromatic carbocycles. The Labute approximate surface area is 92.4 Å². The van der Waals surface area contributed by atoms with E-state index in [1.807, 2.05) is 0 Å². The van der Waals surface area contributed by atoms with Crippen LogP contribution in [0.5, 0.6) is 0 Å². The van der Waals surface area contributed by atoms with Gasteiger partial charge in [-0.05, 0) is 6.92 Å². The van der Waals surface area contributed by atoms with E-state index in [0.717, 1.165) is 6.07 Å². The van der Waals surface area contributed by atoms with Gasteiger partial charge in [-0.3, -0.25) is 25.2 Å². The van der Waals surface area contributed by atoms with Gasteiger partial charge in [0.05, 0.1) is 15.4 Å². The number of aromatic nitrogens is 2. The number of aromatic amines is 2. The number of rotatable bonds is 2. The van der Waals surface area contributed by atoms with Gasteiger partial charge in [0, 0.05) is 6.07 Å². The molecule has 0 spiro atoms. The number of hydrogen-bond acceptors (Lipinski definition) is 5. The second-order valence-corrected chi connectivity index (χ2v) is 3.39. The molecule has 0 unspecified atom stereocenters. The number of hydrogen-bond donors (Lipinski definition) is 2. The molecule has 0 radical (unpaired) electrons. The van der Waals surface area contributed by atoms with Crippen molar-refractivity contribution in [2.45, 2.75) is 6.92 Å². The van der Waals surface area contributed by atoms with E-state index in [-0.39, 0.29) is 16.6 Å². The van der Waals surface area contributed by atoms with Crippen molar-refractivity contribution in [2.24, 2.45) is 0 Å². The van der Waals surface area contributed by atoms with Crippen molar-refractivity contribution in [1.82, 2.24) is 9.97 Å². The minimum absolute atomic E-state index is 0.0388. The van der Waals surface area contributed by atoms with E-state index in [2.05, 4.69) is 9.97 Å². The fraction of sp³-hybridized carbons (Fsp3) is 0.125. The Morgan fingerprint density at radius 3 is 2.35 bits per heavy atom. The predicted octanol–water partition coefficient (Wildman–Crippen LogP) is 0.981. The summed E-state index contributed by atoms with van der Waals surface area (Å²) in [6.07, 6.45) is 0. The summed E-state index contributed by atoms with van der Waals surface area (Å²) in [6, 6.07) is 1.09. The van der Waals surface area contributed by atoms with Crippen LogP contribution in [0.15, 0.2) is 10.9 Å². The maximum atomic E-state index is 11.1. The van der Waals surface area contributed by atoms with E-state index in [1.54, 1.807) is 0 Å². The van der Waals surface area contributed by atoms with Gasteiger partial charge in [-0.15, -0.1) is 0 Å². The van der Waals surface area contributed by atoms with Gasteiger partial charge >= 0.3 is 11.4 Å². The molecule has 0 atom stereocenters. The number of benzene rings is 1. The lowest BCUT2D eigenvalue weighted by molar-refractivity contribution is -0.394. The first-order chi connectivity index (χ1) is 7.91. The van der Waals surface area contributed by atoms with Gasteiger partial charge < -0.3 is 4.98 Å². The lowest BCUT2D eigenvalue weighted by Gasteiger charge is -1.99. The number of H-pyrrole nitrogens is 2. The highest BCUT2D eigenvalue weighted by molar-refractivity contribution is 5.89. The highest BCUT2D eigenvalue weighted by Gasteiger charge is 2.27. The Bertz CT molecular complexity index is 698. The minimum atomic E-state index is -0.756. The molecule has 2 N–H and O–H groups in total. The molecule has 9 heteroatoms. The lowest BCUT2D eigenvalue weighted by Crippen LogP contribution is -2.00. The van der Waals surface area contributed by atoms with Crippen molar-refractivity contribution in [3.8, 4) is 0 Å². The Hall–Kier alpha value is -2.71. The van der Waals surface area contributed by atoms with Gasteiger partial charge in [-0.1, -0.05) is 0 Å². The van der Waals surface area contributed by atoms with Crippen LogP contribution in [0.3, 0.4) is 0 Å². The van der Waals surface area contributed by atoms with Crippen LogP contribution >= 0.6 is 0 Å². The molecule has 0 aliphatic carbocycles. The Balaban J connectivity index is 2.99. The first-order valence-corrected chi connectivity index (χ1v) is 4.46. The average molecular weight is 238 g/mol. The van der Waals surface area contributed by atoms with Gasteiger partial charge in [0.15, 0.2) is 0 Å². The molecule has 2 aromatic rings. The summed E-state index contributed by atoms with van der Waals surface area (Å²) in [5.74, 6) is 0. The van der Waals surface area contributed by atoms with Crippen LogP contribution < -0.4 is 5.69 Å². The van der Waals surface area contributed by atoms with Crippen molar-refractivity contribution in [2.75, 3.05) is 0 Å². The van der Waals surface area contributed by atoms with Crippen molar-refractivity contribution < 1.29 is 9.85 Å². The molecular weight excluding hydrogens is 232 g/mol. The molecule has 17 heavy (non-hydrogen) atoms. The summed E-state index contributed by atoms with van der Waals surface area (Å²) in [5.41, 5.74) is -1.61. The van der Waals surface area contributed by atoms with Crippen molar-refractivity contribution in [3.63, 3.8) is 0 Å². The summed E-state index contributed by atoms with van der Waals surface area (Å²) in [7, 11) is 0. The number of imidazole rings is 1. The minimum Gasteiger partial charge on any atom is -0.305 e. The molecule has 0 amide bonds. The molecule has 0 saturated heterocycles. The van der Waals surface area contributed by atoms with Gasteiger partial charge in [0.25, 0.3) is 5.69 Å². The smallest absolute Gasteiger partial charge is 0.305 e. The maximum Gasteiger partial charge on any atom is 0.324 e. The van der Waals surface area contributed by atoms with E-state index in [4.69, 9.17) is 0 Å². The first-order valence-electron chi connectivity index (χ1n) is 4.46. The highest BCUT2D eigenvalue weighted by atomic mass is 16.6. The molecule has 2 rings (SSSR count). The summed E-state index contributed by atoms with van der Waals surface area (Å²) in [6.45, 7) is 1.26. The zero-order chi connectivity index (χ0) is 12.7. The van der Waals surface area contributed by atoms with Gasteiger partial charge in [-0.2, -0.15) is 0 Å². The largest absolute Gasteiger partial charge is 0.324 e. The molecule has 0 bridgehead atoms. The monoisotopic (exact) mass is 238 g/mol. The van der Waals surface area contributed by atoms with Crippen molar-refractivity contribution in [3.05, 3.63) is 42.3 Å². The van der Waals surface area contributed by atoms with Crippen molar-refractivity contribution >= 4 is 22.4 Å². The van der Waals surface area contributed by atoms with Crippen LogP contribution in [0.25, 0.3) is 11.0 Å². The number of nitro benzene ring substituents is 2. The van der Waals surface area contributed by atoms with E-state index < -0.39 is 26.9 Å². The second-order valence-electron chi connectivity index (χ2n) is 3.39. The predicted molar refractivity (Wildman–Crippen MR) is 57.0 cm³/mol. The van der Waals surface area contributed by atoms with Crippen LogP contribution in [0.4, 0.5) is 11.4 Å². The van der Waals surface area contributed by atoms with Crippen LogP contribution in [0.2, 0.25) is 0 Å². The van der Waals surface area contributed by atoms with Gasteiger partial charge in [-0.25, -0.2) is 4.79 Å². The fourth-order valence-corrected chi connectivity index (χ4v) is 1.66. The normalized spacial score (nSPS) is 10.6. The third-order valence-corrected chi connectivity index (χ3v) is 2.39. The quantitative estimate of drug-likeness (QED) is 0.593. The number of nitrogens with one attached hydrogen (secondary N) is 2. The summed E-state index contributed by atoms with van der Waals surface area (Å²) in [4.78, 5) is 35.7. The topological polar surface area (TPSA) is 135 Å². The lowest BCUT2D eigenvalue weighted by atomic mass is 10.1. The Kier molecular flexibility index (Phi) is 2.16. The van der Waals surface area contributed by atoms with E-state index in [0.29, 0.717) is 0 Å². The van der Waals surface area contributed by atoms with Crippen molar-refractivity contribution in [1.29, 1.82) is 0 Å². The summed E-state index contributed by atoms with van der Waals surface area (Å²) in [5, 5.41) is 21.6. The average Bonchev–Trinajstić information content (AvgIpc) is 2.55. The molecule has 1 aromatic heterocycles. The third-order valence-electron chi connectivity index (χ3n) is 2.39. The zero-order valence-electron chi connectivity index (χ0n) is 8.51. The van der Waals surface area contributed by atoms with E-state index in [1.165, 1.54) is 6.92 Å². The van der Waals surface area contributed by atoms with Gasteiger partial charge in [0.2, 0.25) is 0 Å². The van der Waals surface area contributed by atoms with Crippen LogP contribution in [-0.4, -0.2) is 19.8 Å². The second kappa shape index (κ2) is 3.40. The summed E-state index contributed by atoms with van der Waals surface area (Å²) >= 11 is 0. The fourth-order valence-electron chi connectivity index (χ4n) is 1.66. The first kappa shape index (κ1) is 10.8. The summed E-state index contributed by atoms with van der Waals surface area (Å²) < 4.78 is 0. The number of nitro groups is 2. The van der Waals surface area contributed by atoms with Crippen LogP contribution in [-0.2, 0) is 0 Å². The SMILES string of the molecule is Cc1c([N+](=O)[O-])cc2[nH]c(=O)[nH]c2c1[N+](=O)[O-]. The number of fused-ring (bicyclic) bond motifs is 1. The molecule has 1 heterocycles. The van der Waals surface area contributed by atoms with Gasteiger partial charge in [0.1, 0.15) is 11.1 Å². The Morgan fingerprint density at radius 1 is 1.18 bits per heavy atom. The molecule has 0 fully saturated rings. The number of nitrogens with zero attached hydrogens (tertiary/aromatic N) is 2. The maximum absolute atomic E-state index is 11.1. The molecule has 0 saturated carbocycles. The molecular formula is C8H6N4O5. The standard InChI is InChI=1S/C8H6N4O5/c1-3-5(11(14)15)2-4-6(7(3)12(16)17)10-8(13)9-4/h2H,1H3,(H2,9,10,13). The van der Waals surface area contributed by atoms with Crippen LogP contribution in [0.1, 0.15) is 5.56 Å². The highest BCUT2D eigenvalue weighted by Crippen LogP contribution is 2.33. The molecule has 0 aliphatic rings. The molecule has 9 nitrogen and oxygen atoms in total. The molecule has 88 valence electrons. The van der Waals surface area contributed by atoms with E-state index >= 15 is 0 Å². The third kappa shape index (κ3) is 1.53.